The number of thiophene rings is 1. The summed E-state index contributed by atoms with van der Waals surface area (Å²) in [6.07, 6.45) is 2.06. The molecule has 0 saturated heterocycles. The molecule has 9 heteroatoms. The molecule has 0 bridgehead atoms. The van der Waals surface area contributed by atoms with Gasteiger partial charge in [0.15, 0.2) is 5.76 Å². The quantitative estimate of drug-likeness (QED) is 0.699. The van der Waals surface area contributed by atoms with E-state index in [0.29, 0.717) is 23.8 Å². The molecule has 0 spiro atoms. The molecule has 130 valence electrons. The van der Waals surface area contributed by atoms with Gasteiger partial charge in [0.1, 0.15) is 0 Å². The number of aryl methyl sites for hydroxylation is 2. The van der Waals surface area contributed by atoms with Crippen LogP contribution in [0.1, 0.15) is 28.2 Å². The molecular weight excluding hydrogens is 344 g/mol. The summed E-state index contributed by atoms with van der Waals surface area (Å²) in [6, 6.07) is 4.92. The lowest BCUT2D eigenvalue weighted by Crippen LogP contribution is -2.32. The number of hydrogen-bond acceptors (Lipinski definition) is 7. The number of carbonyl (C=O) groups excluding carboxylic acids is 2. The number of aromatic nitrogens is 2. The van der Waals surface area contributed by atoms with E-state index in [2.05, 4.69) is 20.8 Å². The minimum atomic E-state index is -0.443. The highest BCUT2D eigenvalue weighted by molar-refractivity contribution is 7.16. The number of anilines is 1. The molecule has 3 aromatic rings. The van der Waals surface area contributed by atoms with Crippen LogP contribution in [-0.4, -0.2) is 28.5 Å². The van der Waals surface area contributed by atoms with E-state index in [0.717, 1.165) is 9.75 Å². The van der Waals surface area contributed by atoms with Gasteiger partial charge < -0.3 is 19.6 Å². The lowest BCUT2D eigenvalue weighted by molar-refractivity contribution is -0.115. The van der Waals surface area contributed by atoms with Gasteiger partial charge in [-0.2, -0.15) is 4.98 Å². The summed E-state index contributed by atoms with van der Waals surface area (Å²) in [5.41, 5.74) is 0.653. The van der Waals surface area contributed by atoms with Gasteiger partial charge in [-0.1, -0.05) is 12.1 Å². The molecule has 3 heterocycles. The fourth-order valence-corrected chi connectivity index (χ4v) is 2.97. The van der Waals surface area contributed by atoms with Crippen molar-refractivity contribution in [3.63, 3.8) is 0 Å². The zero-order valence-electron chi connectivity index (χ0n) is 13.7. The Morgan fingerprint density at radius 2 is 2.20 bits per heavy atom. The SMILES string of the molecule is CCc1nc(-c2cc(NC(=O)CNC(=O)c3ccco3)c(C)s2)no1. The fourth-order valence-electron chi connectivity index (χ4n) is 2.06. The van der Waals surface area contributed by atoms with Crippen LogP contribution in [0.4, 0.5) is 5.69 Å². The topological polar surface area (TPSA) is 110 Å². The van der Waals surface area contributed by atoms with Crippen molar-refractivity contribution in [2.75, 3.05) is 11.9 Å². The molecule has 0 aromatic carbocycles. The lowest BCUT2D eigenvalue weighted by atomic mass is 10.3. The summed E-state index contributed by atoms with van der Waals surface area (Å²) in [7, 11) is 0. The van der Waals surface area contributed by atoms with E-state index in [1.807, 2.05) is 13.8 Å². The van der Waals surface area contributed by atoms with E-state index >= 15 is 0 Å². The first-order valence-electron chi connectivity index (χ1n) is 7.61. The van der Waals surface area contributed by atoms with Crippen LogP contribution in [0, 0.1) is 6.92 Å². The highest BCUT2D eigenvalue weighted by Crippen LogP contribution is 2.32. The average Bonchev–Trinajstić information content (AvgIpc) is 3.34. The zero-order chi connectivity index (χ0) is 17.8. The van der Waals surface area contributed by atoms with Gasteiger partial charge in [0, 0.05) is 11.3 Å². The van der Waals surface area contributed by atoms with Crippen LogP contribution in [0.2, 0.25) is 0 Å². The van der Waals surface area contributed by atoms with Crippen LogP contribution in [0.5, 0.6) is 0 Å². The Bertz CT molecular complexity index is 882. The van der Waals surface area contributed by atoms with Crippen LogP contribution in [0.15, 0.2) is 33.4 Å². The Labute approximate surface area is 147 Å². The first-order valence-corrected chi connectivity index (χ1v) is 8.43. The van der Waals surface area contributed by atoms with Gasteiger partial charge in [-0.05, 0) is 25.1 Å². The highest BCUT2D eigenvalue weighted by Gasteiger charge is 2.15. The van der Waals surface area contributed by atoms with Crippen molar-refractivity contribution in [3.05, 3.63) is 41.0 Å². The summed E-state index contributed by atoms with van der Waals surface area (Å²) in [4.78, 5) is 29.8. The molecule has 2 amide bonds. The summed E-state index contributed by atoms with van der Waals surface area (Å²) in [5.74, 6) is 0.436. The van der Waals surface area contributed by atoms with Crippen LogP contribution >= 0.6 is 11.3 Å². The molecule has 0 unspecified atom stereocenters. The summed E-state index contributed by atoms with van der Waals surface area (Å²) >= 11 is 1.45. The van der Waals surface area contributed by atoms with E-state index < -0.39 is 5.91 Å². The van der Waals surface area contributed by atoms with E-state index in [4.69, 9.17) is 8.94 Å². The molecule has 0 aliphatic carbocycles. The minimum absolute atomic E-state index is 0.158. The number of furan rings is 1. The predicted octanol–water partition coefficient (Wildman–Crippen LogP) is 2.63. The maximum absolute atomic E-state index is 12.0. The Kier molecular flexibility index (Phi) is 4.94. The Morgan fingerprint density at radius 1 is 1.36 bits per heavy atom. The predicted molar refractivity (Wildman–Crippen MR) is 91.4 cm³/mol. The molecule has 3 rings (SSSR count). The molecule has 2 N–H and O–H groups in total. The third kappa shape index (κ3) is 3.94. The molecule has 0 saturated carbocycles. The third-order valence-electron chi connectivity index (χ3n) is 3.34. The van der Waals surface area contributed by atoms with Gasteiger partial charge >= 0.3 is 0 Å². The second-order valence-corrected chi connectivity index (χ2v) is 6.41. The van der Waals surface area contributed by atoms with E-state index in [9.17, 15) is 9.59 Å². The van der Waals surface area contributed by atoms with Gasteiger partial charge in [0.05, 0.1) is 23.4 Å². The first-order chi connectivity index (χ1) is 12.1. The second-order valence-electron chi connectivity index (χ2n) is 5.15. The number of nitrogens with zero attached hydrogens (tertiary/aromatic N) is 2. The van der Waals surface area contributed by atoms with E-state index in [1.165, 1.54) is 23.7 Å². The summed E-state index contributed by atoms with van der Waals surface area (Å²) < 4.78 is 10.1. The molecular formula is C16H16N4O4S. The zero-order valence-corrected chi connectivity index (χ0v) is 14.5. The van der Waals surface area contributed by atoms with Gasteiger partial charge in [-0.25, -0.2) is 0 Å². The summed E-state index contributed by atoms with van der Waals surface area (Å²) in [5, 5.41) is 9.18. The van der Waals surface area contributed by atoms with Crippen molar-refractivity contribution >= 4 is 28.8 Å². The maximum Gasteiger partial charge on any atom is 0.287 e. The fraction of sp³-hybridized carbons (Fsp3) is 0.250. The van der Waals surface area contributed by atoms with Crippen molar-refractivity contribution in [1.82, 2.24) is 15.5 Å². The third-order valence-corrected chi connectivity index (χ3v) is 4.38. The Hall–Kier alpha value is -2.94. The molecule has 8 nitrogen and oxygen atoms in total. The van der Waals surface area contributed by atoms with Crippen LogP contribution in [-0.2, 0) is 11.2 Å². The van der Waals surface area contributed by atoms with Gasteiger partial charge in [0.2, 0.25) is 17.6 Å². The van der Waals surface area contributed by atoms with Crippen molar-refractivity contribution in [1.29, 1.82) is 0 Å². The van der Waals surface area contributed by atoms with Crippen molar-refractivity contribution in [2.45, 2.75) is 20.3 Å². The highest BCUT2D eigenvalue weighted by atomic mass is 32.1. The Morgan fingerprint density at radius 3 is 2.88 bits per heavy atom. The number of rotatable bonds is 6. The van der Waals surface area contributed by atoms with Crippen LogP contribution in [0.3, 0.4) is 0 Å². The smallest absolute Gasteiger partial charge is 0.287 e. The average molecular weight is 360 g/mol. The second kappa shape index (κ2) is 7.31. The van der Waals surface area contributed by atoms with Crippen LogP contribution < -0.4 is 10.6 Å². The molecule has 0 fully saturated rings. The number of nitrogens with one attached hydrogen (secondary N) is 2. The van der Waals surface area contributed by atoms with Crippen molar-refractivity contribution in [2.24, 2.45) is 0 Å². The molecule has 0 aliphatic rings. The van der Waals surface area contributed by atoms with Gasteiger partial charge in [0.25, 0.3) is 5.91 Å². The van der Waals surface area contributed by atoms with Crippen molar-refractivity contribution < 1.29 is 18.5 Å². The Balaban J connectivity index is 1.60. The maximum atomic E-state index is 12.0. The van der Waals surface area contributed by atoms with Crippen LogP contribution in [0.25, 0.3) is 10.7 Å². The molecule has 25 heavy (non-hydrogen) atoms. The standard InChI is InChI=1S/C16H16N4O4S/c1-3-14-19-15(20-24-14)12-7-10(9(2)25-12)18-13(21)8-17-16(22)11-5-4-6-23-11/h4-7H,3,8H2,1-2H3,(H,17,22)(H,18,21). The molecule has 3 aromatic heterocycles. The number of amides is 2. The summed E-state index contributed by atoms with van der Waals surface area (Å²) in [6.45, 7) is 3.65. The van der Waals surface area contributed by atoms with E-state index in [1.54, 1.807) is 12.1 Å². The molecule has 0 atom stereocenters. The normalized spacial score (nSPS) is 10.6. The van der Waals surface area contributed by atoms with E-state index in [-0.39, 0.29) is 18.2 Å². The van der Waals surface area contributed by atoms with Gasteiger partial charge in [-0.15, -0.1) is 11.3 Å². The lowest BCUT2D eigenvalue weighted by Gasteiger charge is -2.05. The number of hydrogen-bond donors (Lipinski definition) is 2. The molecule has 0 radical (unpaired) electrons. The largest absolute Gasteiger partial charge is 0.459 e. The number of carbonyl (C=O) groups is 2. The minimum Gasteiger partial charge on any atom is -0.459 e. The molecule has 0 aliphatic heterocycles. The van der Waals surface area contributed by atoms with Gasteiger partial charge in [-0.3, -0.25) is 9.59 Å². The monoisotopic (exact) mass is 360 g/mol. The van der Waals surface area contributed by atoms with Crippen molar-refractivity contribution in [3.8, 4) is 10.7 Å². The first kappa shape index (κ1) is 16.9.